The summed E-state index contributed by atoms with van der Waals surface area (Å²) in [6, 6.07) is 74.4. The fourth-order valence-corrected chi connectivity index (χ4v) is 10.1. The van der Waals surface area contributed by atoms with Crippen molar-refractivity contribution in [2.45, 2.75) is 0 Å². The van der Waals surface area contributed by atoms with Gasteiger partial charge in [-0.25, -0.2) is 0 Å². The number of hydrogen-bond acceptors (Lipinski definition) is 3. The molecule has 12 rings (SSSR count). The summed E-state index contributed by atoms with van der Waals surface area (Å²) in [5, 5.41) is 7.24. The Kier molecular flexibility index (Phi) is 7.40. The number of thiophene rings is 1. The highest BCUT2D eigenvalue weighted by molar-refractivity contribution is 7.25. The lowest BCUT2D eigenvalue weighted by atomic mass is 9.94. The summed E-state index contributed by atoms with van der Waals surface area (Å²) in [6.45, 7) is 0. The van der Waals surface area contributed by atoms with Crippen LogP contribution in [-0.4, -0.2) is 4.57 Å². The summed E-state index contributed by atoms with van der Waals surface area (Å²) in [7, 11) is 0. The van der Waals surface area contributed by atoms with Crippen molar-refractivity contribution in [3.05, 3.63) is 206 Å². The Morgan fingerprint density at radius 2 is 0.983 bits per heavy atom. The minimum absolute atomic E-state index is 0.875. The molecule has 12 aromatic rings. The number of anilines is 3. The van der Waals surface area contributed by atoms with E-state index in [2.05, 4.69) is 216 Å². The zero-order valence-corrected chi connectivity index (χ0v) is 32.2. The van der Waals surface area contributed by atoms with Crippen molar-refractivity contribution in [2.24, 2.45) is 0 Å². The molecule has 0 aliphatic rings. The van der Waals surface area contributed by atoms with E-state index in [9.17, 15) is 0 Å². The molecule has 0 saturated heterocycles. The highest BCUT2D eigenvalue weighted by atomic mass is 32.1. The van der Waals surface area contributed by atoms with Crippen molar-refractivity contribution in [2.75, 3.05) is 4.90 Å². The Labute approximate surface area is 338 Å². The molecule has 9 aromatic carbocycles. The summed E-state index contributed by atoms with van der Waals surface area (Å²) < 4.78 is 11.7. The summed E-state index contributed by atoms with van der Waals surface area (Å²) in [5.74, 6) is 0. The third kappa shape index (κ3) is 5.12. The van der Waals surface area contributed by atoms with Crippen LogP contribution in [0.5, 0.6) is 0 Å². The maximum atomic E-state index is 6.70. The van der Waals surface area contributed by atoms with Crippen LogP contribution in [0.2, 0.25) is 0 Å². The number of rotatable bonds is 6. The standard InChI is InChI=1S/C54H34N2OS/c1-4-14-35(15-5-1)36-24-26-39(27-25-36)56-46-32-40(55(38-18-8-3-9-19-38)41-28-30-43-42-20-11-13-23-50(42)58-51(43)33-41)29-31-44(46)53-47(56)34-49-54(45-21-10-12-22-48(45)57-49)52(53)37-16-6-2-7-17-37/h1-34H. The van der Waals surface area contributed by atoms with Crippen LogP contribution >= 0.6 is 11.3 Å². The molecule has 0 unspecified atom stereocenters. The van der Waals surface area contributed by atoms with Crippen molar-refractivity contribution in [3.63, 3.8) is 0 Å². The second-order valence-corrected chi connectivity index (χ2v) is 16.0. The first-order valence-electron chi connectivity index (χ1n) is 19.7. The molecular formula is C54H34N2OS. The molecule has 0 amide bonds. The summed E-state index contributed by atoms with van der Waals surface area (Å²) >= 11 is 1.85. The van der Waals surface area contributed by atoms with E-state index < -0.39 is 0 Å². The van der Waals surface area contributed by atoms with Gasteiger partial charge in [-0.3, -0.25) is 0 Å². The van der Waals surface area contributed by atoms with Gasteiger partial charge < -0.3 is 13.9 Å². The van der Waals surface area contributed by atoms with Gasteiger partial charge >= 0.3 is 0 Å². The van der Waals surface area contributed by atoms with Crippen LogP contribution in [0.1, 0.15) is 0 Å². The van der Waals surface area contributed by atoms with Crippen LogP contribution in [0.4, 0.5) is 17.1 Å². The van der Waals surface area contributed by atoms with Crippen LogP contribution in [-0.2, 0) is 0 Å². The molecule has 3 heterocycles. The molecule has 0 spiro atoms. The molecule has 0 N–H and O–H groups in total. The molecule has 3 nitrogen and oxygen atoms in total. The zero-order valence-electron chi connectivity index (χ0n) is 31.3. The van der Waals surface area contributed by atoms with Gasteiger partial charge in [-0.2, -0.15) is 0 Å². The van der Waals surface area contributed by atoms with E-state index in [1.807, 2.05) is 11.3 Å². The molecule has 0 atom stereocenters. The number of fused-ring (bicyclic) bond motifs is 9. The lowest BCUT2D eigenvalue weighted by Gasteiger charge is -2.26. The molecule has 272 valence electrons. The van der Waals surface area contributed by atoms with Crippen LogP contribution in [0.15, 0.2) is 211 Å². The topological polar surface area (TPSA) is 21.3 Å². The molecule has 0 saturated carbocycles. The van der Waals surface area contributed by atoms with Gasteiger partial charge in [-0.1, -0.05) is 140 Å². The number of hydrogen-bond donors (Lipinski definition) is 0. The molecule has 0 aliphatic carbocycles. The number of nitrogens with zero attached hydrogens (tertiary/aromatic N) is 2. The normalized spacial score (nSPS) is 11.8. The minimum atomic E-state index is 0.875. The van der Waals surface area contributed by atoms with Gasteiger partial charge in [0.05, 0.1) is 11.0 Å². The second-order valence-electron chi connectivity index (χ2n) is 14.9. The third-order valence-electron chi connectivity index (χ3n) is 11.6. The van der Waals surface area contributed by atoms with Gasteiger partial charge in [0.2, 0.25) is 0 Å². The average Bonchev–Trinajstić information content (AvgIpc) is 3.95. The van der Waals surface area contributed by atoms with E-state index in [0.29, 0.717) is 0 Å². The predicted octanol–water partition coefficient (Wildman–Crippen LogP) is 15.9. The largest absolute Gasteiger partial charge is 0.456 e. The molecule has 0 fully saturated rings. The lowest BCUT2D eigenvalue weighted by Crippen LogP contribution is -2.09. The van der Waals surface area contributed by atoms with E-state index in [4.69, 9.17) is 4.42 Å². The summed E-state index contributed by atoms with van der Waals surface area (Å²) in [4.78, 5) is 2.39. The van der Waals surface area contributed by atoms with Crippen LogP contribution in [0, 0.1) is 0 Å². The number of para-hydroxylation sites is 2. The molecule has 0 radical (unpaired) electrons. The minimum Gasteiger partial charge on any atom is -0.456 e. The van der Waals surface area contributed by atoms with E-state index in [-0.39, 0.29) is 0 Å². The highest BCUT2D eigenvalue weighted by Crippen LogP contribution is 2.48. The van der Waals surface area contributed by atoms with Crippen molar-refractivity contribution in [1.82, 2.24) is 4.57 Å². The zero-order chi connectivity index (χ0) is 38.2. The van der Waals surface area contributed by atoms with Crippen molar-refractivity contribution >= 4 is 92.3 Å². The van der Waals surface area contributed by atoms with E-state index in [1.54, 1.807) is 0 Å². The van der Waals surface area contributed by atoms with Gasteiger partial charge in [0.25, 0.3) is 0 Å². The van der Waals surface area contributed by atoms with Crippen molar-refractivity contribution in [3.8, 4) is 27.9 Å². The van der Waals surface area contributed by atoms with Gasteiger partial charge in [0.15, 0.2) is 0 Å². The molecule has 0 aliphatic heterocycles. The van der Waals surface area contributed by atoms with Gasteiger partial charge in [0, 0.05) is 76.1 Å². The Morgan fingerprint density at radius 1 is 0.379 bits per heavy atom. The number of benzene rings is 9. The predicted molar refractivity (Wildman–Crippen MR) is 247 cm³/mol. The molecule has 4 heteroatoms. The summed E-state index contributed by atoms with van der Waals surface area (Å²) in [5.41, 5.74) is 13.1. The quantitative estimate of drug-likeness (QED) is 0.168. The smallest absolute Gasteiger partial charge is 0.138 e. The number of furan rings is 1. The Balaban J connectivity index is 1.16. The third-order valence-corrected chi connectivity index (χ3v) is 12.7. The maximum absolute atomic E-state index is 6.70. The average molecular weight is 759 g/mol. The van der Waals surface area contributed by atoms with E-state index in [0.717, 1.165) is 61.3 Å². The lowest BCUT2D eigenvalue weighted by molar-refractivity contribution is 0.669. The van der Waals surface area contributed by atoms with Gasteiger partial charge in [-0.15, -0.1) is 11.3 Å². The SMILES string of the molecule is c1ccc(-c2ccc(-n3c4cc(N(c5ccccc5)c5ccc6c(c5)sc5ccccc56)ccc4c4c(-c5ccccc5)c5c(cc43)oc3ccccc35)cc2)cc1. The first-order chi connectivity index (χ1) is 28.8. The molecule has 3 aromatic heterocycles. The fourth-order valence-electron chi connectivity index (χ4n) is 8.99. The Hall–Kier alpha value is -7.40. The van der Waals surface area contributed by atoms with Crippen molar-refractivity contribution < 1.29 is 4.42 Å². The first-order valence-corrected chi connectivity index (χ1v) is 20.5. The van der Waals surface area contributed by atoms with E-state index >= 15 is 0 Å². The first kappa shape index (κ1) is 32.8. The highest BCUT2D eigenvalue weighted by Gasteiger charge is 2.24. The van der Waals surface area contributed by atoms with Crippen LogP contribution < -0.4 is 4.90 Å². The van der Waals surface area contributed by atoms with Crippen LogP contribution in [0.25, 0.3) is 91.9 Å². The molecule has 0 bridgehead atoms. The monoisotopic (exact) mass is 758 g/mol. The fraction of sp³-hybridized carbons (Fsp3) is 0. The number of aromatic nitrogens is 1. The summed E-state index contributed by atoms with van der Waals surface area (Å²) in [6.07, 6.45) is 0. The van der Waals surface area contributed by atoms with Gasteiger partial charge in [-0.05, 0) is 77.4 Å². The molecular weight excluding hydrogens is 725 g/mol. The second kappa shape index (κ2) is 13.1. The van der Waals surface area contributed by atoms with Gasteiger partial charge in [0.1, 0.15) is 11.2 Å². The molecule has 58 heavy (non-hydrogen) atoms. The Morgan fingerprint density at radius 3 is 1.76 bits per heavy atom. The van der Waals surface area contributed by atoms with Crippen LogP contribution in [0.3, 0.4) is 0 Å². The maximum Gasteiger partial charge on any atom is 0.138 e. The Bertz CT molecular complexity index is 3490. The van der Waals surface area contributed by atoms with Crippen molar-refractivity contribution in [1.29, 1.82) is 0 Å². The van der Waals surface area contributed by atoms with E-state index in [1.165, 1.54) is 47.6 Å².